The first-order valence-electron chi connectivity index (χ1n) is 5.60. The van der Waals surface area contributed by atoms with E-state index < -0.39 is 21.3 Å². The zero-order chi connectivity index (χ0) is 15.6. The van der Waals surface area contributed by atoms with E-state index in [1.807, 2.05) is 0 Å². The van der Waals surface area contributed by atoms with Crippen LogP contribution in [0.5, 0.6) is 0 Å². The number of nitrogen functional groups attached to an aromatic ring is 1. The Hall–Kier alpha value is -0.930. The van der Waals surface area contributed by atoms with Gasteiger partial charge in [0.05, 0.1) is 5.69 Å². The highest BCUT2D eigenvalue weighted by atomic mass is 32.2. The van der Waals surface area contributed by atoms with Crippen molar-refractivity contribution in [3.05, 3.63) is 23.3 Å². The monoisotopic (exact) mass is 328 g/mol. The number of rotatable bonds is 5. The minimum Gasteiger partial charge on any atom is -0.398 e. The summed E-state index contributed by atoms with van der Waals surface area (Å²) in [5.74, 6) is -0.395. The standard InChI is InChI=1S/C11H15F3N2O2S2/c1-7-3-4-9(15)10(8(7)2)20(17,18)16-5-6-19-11(12,13)14/h3-4,16H,5-6,15H2,1-2H3. The van der Waals surface area contributed by atoms with Gasteiger partial charge in [0.15, 0.2) is 0 Å². The van der Waals surface area contributed by atoms with E-state index in [1.165, 1.54) is 6.07 Å². The lowest BCUT2D eigenvalue weighted by Crippen LogP contribution is -2.28. The molecule has 3 N–H and O–H groups in total. The number of sulfonamides is 1. The van der Waals surface area contributed by atoms with Crippen LogP contribution in [0.3, 0.4) is 0 Å². The first kappa shape index (κ1) is 17.1. The maximum atomic E-state index is 12.1. The summed E-state index contributed by atoms with van der Waals surface area (Å²) >= 11 is -0.277. The second-order valence-corrected chi connectivity index (χ2v) is 6.98. The SMILES string of the molecule is Cc1ccc(N)c(S(=O)(=O)NCCSC(F)(F)F)c1C. The molecule has 0 heterocycles. The van der Waals surface area contributed by atoms with Crippen LogP contribution >= 0.6 is 11.8 Å². The fourth-order valence-electron chi connectivity index (χ4n) is 1.58. The second kappa shape index (κ2) is 6.23. The van der Waals surface area contributed by atoms with E-state index in [1.54, 1.807) is 19.9 Å². The van der Waals surface area contributed by atoms with Crippen LogP contribution in [0.1, 0.15) is 11.1 Å². The molecule has 0 aliphatic heterocycles. The van der Waals surface area contributed by atoms with Gasteiger partial charge in [-0.3, -0.25) is 0 Å². The van der Waals surface area contributed by atoms with Gasteiger partial charge >= 0.3 is 5.51 Å². The van der Waals surface area contributed by atoms with Crippen LogP contribution in [-0.2, 0) is 10.0 Å². The van der Waals surface area contributed by atoms with Crippen LogP contribution in [0.4, 0.5) is 18.9 Å². The van der Waals surface area contributed by atoms with Crippen molar-refractivity contribution in [3.8, 4) is 0 Å². The molecule has 0 atom stereocenters. The van der Waals surface area contributed by atoms with Crippen molar-refractivity contribution in [3.63, 3.8) is 0 Å². The van der Waals surface area contributed by atoms with E-state index in [4.69, 9.17) is 5.73 Å². The minimum absolute atomic E-state index is 0.0732. The van der Waals surface area contributed by atoms with Gasteiger partial charge in [0.1, 0.15) is 4.90 Å². The molecule has 9 heteroatoms. The molecule has 114 valence electrons. The second-order valence-electron chi connectivity index (χ2n) is 4.12. The van der Waals surface area contributed by atoms with Crippen molar-refractivity contribution >= 4 is 27.5 Å². The number of alkyl halides is 3. The highest BCUT2D eigenvalue weighted by Crippen LogP contribution is 2.30. The molecule has 0 amide bonds. The van der Waals surface area contributed by atoms with Crippen molar-refractivity contribution in [2.45, 2.75) is 24.3 Å². The summed E-state index contributed by atoms with van der Waals surface area (Å²) in [6, 6.07) is 3.14. The summed E-state index contributed by atoms with van der Waals surface area (Å²) in [5, 5.41) is 0. The predicted octanol–water partition coefficient (Wildman–Crippen LogP) is 2.42. The van der Waals surface area contributed by atoms with Crippen molar-refractivity contribution in [2.75, 3.05) is 18.0 Å². The van der Waals surface area contributed by atoms with Crippen LogP contribution in [-0.4, -0.2) is 26.2 Å². The molecular weight excluding hydrogens is 313 g/mol. The maximum absolute atomic E-state index is 12.1. The maximum Gasteiger partial charge on any atom is 0.441 e. The predicted molar refractivity (Wildman–Crippen MR) is 74.0 cm³/mol. The van der Waals surface area contributed by atoms with Gasteiger partial charge in [0.25, 0.3) is 0 Å². The number of anilines is 1. The molecule has 0 bridgehead atoms. The van der Waals surface area contributed by atoms with Crippen molar-refractivity contribution in [2.24, 2.45) is 0 Å². The fraction of sp³-hybridized carbons (Fsp3) is 0.455. The molecule has 4 nitrogen and oxygen atoms in total. The Morgan fingerprint density at radius 2 is 1.90 bits per heavy atom. The van der Waals surface area contributed by atoms with Gasteiger partial charge in [-0.05, 0) is 42.8 Å². The van der Waals surface area contributed by atoms with Gasteiger partial charge in [0.2, 0.25) is 10.0 Å². The number of hydrogen-bond acceptors (Lipinski definition) is 4. The van der Waals surface area contributed by atoms with Crippen LogP contribution < -0.4 is 10.5 Å². The van der Waals surface area contributed by atoms with Gasteiger partial charge in [0, 0.05) is 12.3 Å². The smallest absolute Gasteiger partial charge is 0.398 e. The van der Waals surface area contributed by atoms with E-state index in [-0.39, 0.29) is 28.9 Å². The first-order valence-corrected chi connectivity index (χ1v) is 8.07. The Morgan fingerprint density at radius 3 is 2.45 bits per heavy atom. The summed E-state index contributed by atoms with van der Waals surface area (Å²) in [4.78, 5) is -0.0745. The van der Waals surface area contributed by atoms with Crippen LogP contribution in [0.25, 0.3) is 0 Å². The summed E-state index contributed by atoms with van der Waals surface area (Å²) in [6.07, 6.45) is 0. The molecule has 0 fully saturated rings. The Kier molecular flexibility index (Phi) is 5.33. The molecule has 0 unspecified atom stereocenters. The van der Waals surface area contributed by atoms with Crippen LogP contribution in [0, 0.1) is 13.8 Å². The lowest BCUT2D eigenvalue weighted by Gasteiger charge is -2.13. The normalized spacial score (nSPS) is 12.7. The molecule has 0 aliphatic carbocycles. The third kappa shape index (κ3) is 4.57. The zero-order valence-electron chi connectivity index (χ0n) is 10.9. The number of halogens is 3. The number of hydrogen-bond donors (Lipinski definition) is 2. The Labute approximate surface area is 120 Å². The molecule has 0 saturated heterocycles. The summed E-state index contributed by atoms with van der Waals surface area (Å²) in [5.41, 5.74) is 2.57. The average molecular weight is 328 g/mol. The van der Waals surface area contributed by atoms with Crippen LogP contribution in [0.2, 0.25) is 0 Å². The lowest BCUT2D eigenvalue weighted by atomic mass is 10.1. The number of nitrogens with one attached hydrogen (secondary N) is 1. The Balaban J connectivity index is 2.83. The average Bonchev–Trinajstić information content (AvgIpc) is 2.29. The van der Waals surface area contributed by atoms with Gasteiger partial charge in [-0.2, -0.15) is 13.2 Å². The van der Waals surface area contributed by atoms with E-state index in [9.17, 15) is 21.6 Å². The molecule has 1 aromatic rings. The third-order valence-corrected chi connectivity index (χ3v) is 5.03. The molecule has 0 radical (unpaired) electrons. The molecule has 1 aromatic carbocycles. The first-order chi connectivity index (χ1) is 9.04. The highest BCUT2D eigenvalue weighted by Gasteiger charge is 2.28. The lowest BCUT2D eigenvalue weighted by molar-refractivity contribution is -0.0327. The van der Waals surface area contributed by atoms with E-state index in [2.05, 4.69) is 4.72 Å². The largest absolute Gasteiger partial charge is 0.441 e. The van der Waals surface area contributed by atoms with Gasteiger partial charge in [-0.1, -0.05) is 6.07 Å². The van der Waals surface area contributed by atoms with Gasteiger partial charge < -0.3 is 5.73 Å². The topological polar surface area (TPSA) is 72.2 Å². The quantitative estimate of drug-likeness (QED) is 0.643. The molecule has 0 aliphatic rings. The molecule has 0 saturated carbocycles. The van der Waals surface area contributed by atoms with E-state index >= 15 is 0 Å². The fourth-order valence-corrected chi connectivity index (χ4v) is 3.61. The molecule has 20 heavy (non-hydrogen) atoms. The Morgan fingerprint density at radius 1 is 1.30 bits per heavy atom. The van der Waals surface area contributed by atoms with Crippen molar-refractivity contribution in [1.82, 2.24) is 4.72 Å². The zero-order valence-corrected chi connectivity index (χ0v) is 12.5. The Bertz CT molecular complexity index is 586. The number of aryl methyl sites for hydroxylation is 1. The summed E-state index contributed by atoms with van der Waals surface area (Å²) < 4.78 is 62.1. The summed E-state index contributed by atoms with van der Waals surface area (Å²) in [6.45, 7) is 3.01. The molecule has 1 rings (SSSR count). The van der Waals surface area contributed by atoms with Gasteiger partial charge in [-0.15, -0.1) is 0 Å². The number of benzene rings is 1. The summed E-state index contributed by atoms with van der Waals surface area (Å²) in [7, 11) is -3.92. The van der Waals surface area contributed by atoms with E-state index in [0.717, 1.165) is 5.56 Å². The third-order valence-electron chi connectivity index (χ3n) is 2.64. The molecule has 0 aromatic heterocycles. The van der Waals surface area contributed by atoms with E-state index in [0.29, 0.717) is 5.56 Å². The minimum atomic E-state index is -4.37. The molecular formula is C11H15F3N2O2S2. The number of nitrogens with two attached hydrogens (primary N) is 1. The van der Waals surface area contributed by atoms with Crippen LogP contribution in [0.15, 0.2) is 17.0 Å². The van der Waals surface area contributed by atoms with Crippen molar-refractivity contribution < 1.29 is 21.6 Å². The number of thioether (sulfide) groups is 1. The molecule has 0 spiro atoms. The highest BCUT2D eigenvalue weighted by molar-refractivity contribution is 8.00. The van der Waals surface area contributed by atoms with Crippen molar-refractivity contribution in [1.29, 1.82) is 0 Å². The van der Waals surface area contributed by atoms with Gasteiger partial charge in [-0.25, -0.2) is 13.1 Å².